The normalized spacial score (nSPS) is 14.0. The maximum absolute atomic E-state index is 12.6. The Morgan fingerprint density at radius 3 is 2.71 bits per heavy atom. The topological polar surface area (TPSA) is 58.2 Å². The molecule has 0 amide bonds. The summed E-state index contributed by atoms with van der Waals surface area (Å²) in [6.45, 7) is 4.24. The predicted octanol–water partition coefficient (Wildman–Crippen LogP) is 3.97. The number of aromatic nitrogens is 2. The summed E-state index contributed by atoms with van der Waals surface area (Å²) in [4.78, 5) is 22.6. The molecule has 0 unspecified atom stereocenters. The highest BCUT2D eigenvalue weighted by molar-refractivity contribution is 6.32. The summed E-state index contributed by atoms with van der Waals surface area (Å²) >= 11 is 6.25. The first-order valence-electron chi connectivity index (χ1n) is 9.27. The molecule has 0 aliphatic carbocycles. The third-order valence-corrected chi connectivity index (χ3v) is 5.40. The average Bonchev–Trinajstić information content (AvgIpc) is 2.68. The van der Waals surface area contributed by atoms with Crippen LogP contribution in [-0.4, -0.2) is 28.5 Å². The van der Waals surface area contributed by atoms with Gasteiger partial charge in [-0.2, -0.15) is 0 Å². The van der Waals surface area contributed by atoms with Crippen LogP contribution in [0.2, 0.25) is 5.02 Å². The Morgan fingerprint density at radius 2 is 2.00 bits per heavy atom. The van der Waals surface area contributed by atoms with Crippen LogP contribution in [0.25, 0.3) is 11.4 Å². The van der Waals surface area contributed by atoms with E-state index in [0.717, 1.165) is 35.5 Å². The number of aromatic amines is 1. The molecule has 0 saturated heterocycles. The van der Waals surface area contributed by atoms with Gasteiger partial charge in [0.05, 0.1) is 17.8 Å². The quantitative estimate of drug-likeness (QED) is 0.726. The van der Waals surface area contributed by atoms with E-state index in [0.29, 0.717) is 29.6 Å². The van der Waals surface area contributed by atoms with E-state index in [1.54, 1.807) is 7.11 Å². The number of methoxy groups -OCH3 is 1. The number of nitrogens with one attached hydrogen (secondary N) is 1. The van der Waals surface area contributed by atoms with Crippen LogP contribution in [0, 0.1) is 6.92 Å². The first-order valence-corrected chi connectivity index (χ1v) is 9.65. The molecule has 0 saturated carbocycles. The third kappa shape index (κ3) is 3.81. The third-order valence-electron chi connectivity index (χ3n) is 5.10. The van der Waals surface area contributed by atoms with Gasteiger partial charge in [0.2, 0.25) is 0 Å². The van der Waals surface area contributed by atoms with Gasteiger partial charge >= 0.3 is 0 Å². The van der Waals surface area contributed by atoms with Gasteiger partial charge in [-0.15, -0.1) is 0 Å². The minimum atomic E-state index is -0.0345. The van der Waals surface area contributed by atoms with Crippen molar-refractivity contribution in [3.8, 4) is 17.1 Å². The monoisotopic (exact) mass is 395 g/mol. The molecule has 28 heavy (non-hydrogen) atoms. The summed E-state index contributed by atoms with van der Waals surface area (Å²) in [7, 11) is 1.61. The van der Waals surface area contributed by atoms with Gasteiger partial charge in [-0.25, -0.2) is 4.98 Å². The number of nitrogens with zero attached hydrogens (tertiary/aromatic N) is 2. The predicted molar refractivity (Wildman–Crippen MR) is 111 cm³/mol. The molecule has 2 aromatic carbocycles. The minimum Gasteiger partial charge on any atom is -0.495 e. The highest BCUT2D eigenvalue weighted by Crippen LogP contribution is 2.26. The number of rotatable bonds is 4. The summed E-state index contributed by atoms with van der Waals surface area (Å²) in [5.74, 6) is 1.29. The van der Waals surface area contributed by atoms with E-state index in [9.17, 15) is 4.79 Å². The van der Waals surface area contributed by atoms with Crippen LogP contribution in [-0.2, 0) is 19.5 Å². The molecule has 6 heteroatoms. The molecule has 144 valence electrons. The summed E-state index contributed by atoms with van der Waals surface area (Å²) in [5.41, 5.74) is 4.81. The molecule has 0 bridgehead atoms. The van der Waals surface area contributed by atoms with Crippen molar-refractivity contribution in [2.75, 3.05) is 13.7 Å². The van der Waals surface area contributed by atoms with E-state index in [4.69, 9.17) is 21.3 Å². The maximum Gasteiger partial charge on any atom is 0.254 e. The Bertz CT molecular complexity index is 1060. The molecule has 1 aliphatic rings. The first-order chi connectivity index (χ1) is 13.5. The second-order valence-electron chi connectivity index (χ2n) is 7.14. The number of ether oxygens (including phenoxy) is 1. The van der Waals surface area contributed by atoms with Crippen LogP contribution in [0.5, 0.6) is 5.75 Å². The van der Waals surface area contributed by atoms with E-state index in [2.05, 4.69) is 9.88 Å². The molecule has 1 aromatic heterocycles. The number of H-pyrrole nitrogens is 1. The summed E-state index contributed by atoms with van der Waals surface area (Å²) in [5, 5.41) is 0.605. The van der Waals surface area contributed by atoms with Gasteiger partial charge in [0.15, 0.2) is 0 Å². The molecule has 2 heterocycles. The molecule has 3 aromatic rings. The number of hydrogen-bond acceptors (Lipinski definition) is 4. The van der Waals surface area contributed by atoms with Crippen LogP contribution in [0.1, 0.15) is 22.4 Å². The maximum atomic E-state index is 12.6. The van der Waals surface area contributed by atoms with Gasteiger partial charge in [0.25, 0.3) is 5.56 Å². The second-order valence-corrected chi connectivity index (χ2v) is 7.54. The summed E-state index contributed by atoms with van der Waals surface area (Å²) < 4.78 is 5.22. The largest absolute Gasteiger partial charge is 0.495 e. The lowest BCUT2D eigenvalue weighted by Crippen LogP contribution is -2.35. The zero-order chi connectivity index (χ0) is 19.7. The number of hydrogen-bond donors (Lipinski definition) is 1. The fraction of sp³-hybridized carbons (Fsp3) is 0.273. The molecule has 1 aliphatic heterocycles. The number of fused-ring (bicyclic) bond motifs is 1. The molecule has 4 rings (SSSR count). The smallest absolute Gasteiger partial charge is 0.254 e. The molecule has 0 atom stereocenters. The van der Waals surface area contributed by atoms with Gasteiger partial charge in [0.1, 0.15) is 11.6 Å². The zero-order valence-electron chi connectivity index (χ0n) is 16.0. The molecule has 0 fully saturated rings. The van der Waals surface area contributed by atoms with Crippen molar-refractivity contribution < 1.29 is 4.74 Å². The summed E-state index contributed by atoms with van der Waals surface area (Å²) in [6.07, 6.45) is 0.690. The second kappa shape index (κ2) is 7.78. The standard InChI is InChI=1S/C22H22ClN3O2/c1-14-3-6-16(7-4-14)21-24-19-13-26(10-9-17(19)22(27)25-21)12-15-5-8-20(28-2)18(23)11-15/h3-8,11H,9-10,12-13H2,1-2H3,(H,24,25,27). The van der Waals surface area contributed by atoms with Crippen molar-refractivity contribution in [3.63, 3.8) is 0 Å². The SMILES string of the molecule is COc1ccc(CN2CCc3c(nc(-c4ccc(C)cc4)[nH]c3=O)C2)cc1Cl. The molecule has 5 nitrogen and oxygen atoms in total. The van der Waals surface area contributed by atoms with Crippen molar-refractivity contribution in [3.05, 3.63) is 80.2 Å². The molecule has 0 spiro atoms. The zero-order valence-corrected chi connectivity index (χ0v) is 16.7. The Labute approximate surface area is 169 Å². The van der Waals surface area contributed by atoms with Crippen molar-refractivity contribution >= 4 is 11.6 Å². The lowest BCUT2D eigenvalue weighted by atomic mass is 10.0. The van der Waals surface area contributed by atoms with Gasteiger partial charge in [-0.1, -0.05) is 47.5 Å². The molecule has 0 radical (unpaired) electrons. The average molecular weight is 396 g/mol. The number of halogens is 1. The van der Waals surface area contributed by atoms with Crippen LogP contribution in [0.4, 0.5) is 0 Å². The van der Waals surface area contributed by atoms with E-state index < -0.39 is 0 Å². The fourth-order valence-corrected chi connectivity index (χ4v) is 3.82. The van der Waals surface area contributed by atoms with E-state index in [1.807, 2.05) is 49.4 Å². The Balaban J connectivity index is 1.58. The lowest BCUT2D eigenvalue weighted by Gasteiger charge is -2.28. The minimum absolute atomic E-state index is 0.0345. The Kier molecular flexibility index (Phi) is 5.20. The molecular formula is C22H22ClN3O2. The molecular weight excluding hydrogens is 374 g/mol. The van der Waals surface area contributed by atoms with E-state index in [-0.39, 0.29) is 5.56 Å². The van der Waals surface area contributed by atoms with Crippen LogP contribution < -0.4 is 10.3 Å². The Morgan fingerprint density at radius 1 is 1.21 bits per heavy atom. The first kappa shape index (κ1) is 18.7. The van der Waals surface area contributed by atoms with E-state index >= 15 is 0 Å². The van der Waals surface area contributed by atoms with Crippen LogP contribution in [0.15, 0.2) is 47.3 Å². The number of aryl methyl sites for hydroxylation is 1. The summed E-state index contributed by atoms with van der Waals surface area (Å²) in [6, 6.07) is 13.8. The van der Waals surface area contributed by atoms with E-state index in [1.165, 1.54) is 5.56 Å². The van der Waals surface area contributed by atoms with Crippen molar-refractivity contribution in [1.29, 1.82) is 0 Å². The Hall–Kier alpha value is -2.63. The van der Waals surface area contributed by atoms with Crippen LogP contribution in [0.3, 0.4) is 0 Å². The van der Waals surface area contributed by atoms with Gasteiger partial charge in [0, 0.05) is 30.8 Å². The van der Waals surface area contributed by atoms with Gasteiger partial charge < -0.3 is 9.72 Å². The van der Waals surface area contributed by atoms with Crippen molar-refractivity contribution in [1.82, 2.24) is 14.9 Å². The van der Waals surface area contributed by atoms with Gasteiger partial charge in [-0.3, -0.25) is 9.69 Å². The highest BCUT2D eigenvalue weighted by Gasteiger charge is 2.21. The van der Waals surface area contributed by atoms with Gasteiger partial charge in [-0.05, 0) is 31.0 Å². The molecule has 1 N–H and O–H groups in total. The lowest BCUT2D eigenvalue weighted by molar-refractivity contribution is 0.240. The highest BCUT2D eigenvalue weighted by atomic mass is 35.5. The van der Waals surface area contributed by atoms with Crippen LogP contribution >= 0.6 is 11.6 Å². The van der Waals surface area contributed by atoms with Crippen molar-refractivity contribution in [2.24, 2.45) is 0 Å². The van der Waals surface area contributed by atoms with Crippen molar-refractivity contribution in [2.45, 2.75) is 26.4 Å². The number of benzene rings is 2. The fourth-order valence-electron chi connectivity index (χ4n) is 3.54.